The van der Waals surface area contributed by atoms with E-state index in [1.165, 1.54) is 17.0 Å². The van der Waals surface area contributed by atoms with Crippen molar-refractivity contribution in [3.05, 3.63) is 47.5 Å². The summed E-state index contributed by atoms with van der Waals surface area (Å²) in [6, 6.07) is 10.1. The van der Waals surface area contributed by atoms with Crippen molar-refractivity contribution in [1.29, 1.82) is 0 Å². The third-order valence-electron chi connectivity index (χ3n) is 4.27. The summed E-state index contributed by atoms with van der Waals surface area (Å²) in [6.45, 7) is 3.50. The number of carbonyl (C=O) groups is 2. The highest BCUT2D eigenvalue weighted by Crippen LogP contribution is 2.46. The van der Waals surface area contributed by atoms with Gasteiger partial charge in [-0.3, -0.25) is 14.5 Å². The number of carbonyl (C=O) groups excluding carboxylic acids is 2. The summed E-state index contributed by atoms with van der Waals surface area (Å²) in [7, 11) is 1.57. The summed E-state index contributed by atoms with van der Waals surface area (Å²) in [5.41, 5.74) is 5.09. The second-order valence-corrected chi connectivity index (χ2v) is 6.52. The number of fused-ring (bicyclic) bond motifs is 1. The van der Waals surface area contributed by atoms with Crippen molar-refractivity contribution in [2.75, 3.05) is 12.0 Å². The fourth-order valence-electron chi connectivity index (χ4n) is 2.91. The highest BCUT2D eigenvalue weighted by molar-refractivity contribution is 6.06. The average Bonchev–Trinajstić information content (AvgIpc) is 2.59. The number of hydrogen-bond donors (Lipinski definition) is 2. The average molecular weight is 356 g/mol. The zero-order chi connectivity index (χ0) is 19.1. The Kier molecular flexibility index (Phi) is 4.23. The summed E-state index contributed by atoms with van der Waals surface area (Å²) >= 11 is 0. The second-order valence-electron chi connectivity index (χ2n) is 6.52. The molecule has 0 spiro atoms. The van der Waals surface area contributed by atoms with Crippen molar-refractivity contribution >= 4 is 17.5 Å². The van der Waals surface area contributed by atoms with Gasteiger partial charge in [-0.25, -0.2) is 0 Å². The molecular weight excluding hydrogens is 336 g/mol. The Morgan fingerprint density at radius 1 is 1.23 bits per heavy atom. The number of phenols is 1. The molecule has 0 atom stereocenters. The minimum absolute atomic E-state index is 0.0698. The van der Waals surface area contributed by atoms with Crippen LogP contribution in [0.15, 0.2) is 36.4 Å². The minimum atomic E-state index is -1.11. The molecule has 0 aromatic heterocycles. The molecule has 0 aliphatic carbocycles. The van der Waals surface area contributed by atoms with Gasteiger partial charge in [0.05, 0.1) is 19.2 Å². The van der Waals surface area contributed by atoms with Gasteiger partial charge >= 0.3 is 0 Å². The number of nitrogens with zero attached hydrogens (tertiary/aromatic N) is 1. The third kappa shape index (κ3) is 2.92. The molecule has 26 heavy (non-hydrogen) atoms. The highest BCUT2D eigenvalue weighted by Gasteiger charge is 2.43. The summed E-state index contributed by atoms with van der Waals surface area (Å²) in [4.78, 5) is 25.9. The molecule has 0 saturated carbocycles. The number of nitrogens with two attached hydrogens (primary N) is 1. The molecule has 2 aromatic rings. The van der Waals surface area contributed by atoms with E-state index in [1.807, 2.05) is 12.1 Å². The fourth-order valence-corrected chi connectivity index (χ4v) is 2.91. The van der Waals surface area contributed by atoms with E-state index in [9.17, 15) is 14.7 Å². The number of benzene rings is 2. The molecule has 0 radical (unpaired) electrons. The van der Waals surface area contributed by atoms with Crippen LogP contribution in [0, 0.1) is 0 Å². The predicted octanol–water partition coefficient (Wildman–Crippen LogP) is 2.20. The van der Waals surface area contributed by atoms with E-state index in [0.717, 1.165) is 5.56 Å². The Hall–Kier alpha value is -3.22. The lowest BCUT2D eigenvalue weighted by Crippen LogP contribution is -2.52. The van der Waals surface area contributed by atoms with Crippen molar-refractivity contribution in [3.8, 4) is 17.2 Å². The van der Waals surface area contributed by atoms with E-state index >= 15 is 0 Å². The first-order chi connectivity index (χ1) is 12.2. The van der Waals surface area contributed by atoms with Gasteiger partial charge in [-0.2, -0.15) is 0 Å². The maximum absolute atomic E-state index is 12.9. The lowest BCUT2D eigenvalue weighted by atomic mass is 10.0. The third-order valence-corrected chi connectivity index (χ3v) is 4.27. The summed E-state index contributed by atoms with van der Waals surface area (Å²) in [5.74, 6) is -0.482. The van der Waals surface area contributed by atoms with E-state index in [4.69, 9.17) is 15.2 Å². The van der Waals surface area contributed by atoms with Crippen LogP contribution in [0.5, 0.6) is 17.2 Å². The molecule has 1 aliphatic rings. The van der Waals surface area contributed by atoms with Gasteiger partial charge in [-0.05, 0) is 43.7 Å². The smallest absolute Gasteiger partial charge is 0.271 e. The number of hydrogen-bond acceptors (Lipinski definition) is 5. The number of amides is 2. The fraction of sp³-hybridized carbons (Fsp3) is 0.263. The molecule has 1 heterocycles. The van der Waals surface area contributed by atoms with Crippen molar-refractivity contribution in [2.45, 2.75) is 26.0 Å². The molecule has 0 saturated heterocycles. The number of ether oxygens (including phenoxy) is 2. The number of aromatic hydroxyl groups is 1. The van der Waals surface area contributed by atoms with Crippen LogP contribution in [-0.4, -0.2) is 29.6 Å². The lowest BCUT2D eigenvalue weighted by Gasteiger charge is -2.39. The van der Waals surface area contributed by atoms with Gasteiger partial charge in [0.15, 0.2) is 11.4 Å². The van der Waals surface area contributed by atoms with Crippen LogP contribution in [0.25, 0.3) is 0 Å². The largest absolute Gasteiger partial charge is 0.505 e. The normalized spacial score (nSPS) is 15.2. The zero-order valence-corrected chi connectivity index (χ0v) is 14.8. The predicted molar refractivity (Wildman–Crippen MR) is 95.5 cm³/mol. The molecular formula is C19H20N2O5. The molecule has 0 unspecified atom stereocenters. The van der Waals surface area contributed by atoms with E-state index in [2.05, 4.69) is 0 Å². The first-order valence-electron chi connectivity index (χ1n) is 8.04. The summed E-state index contributed by atoms with van der Waals surface area (Å²) in [6.07, 6.45) is 0. The monoisotopic (exact) mass is 356 g/mol. The maximum Gasteiger partial charge on any atom is 0.271 e. The molecule has 0 fully saturated rings. The van der Waals surface area contributed by atoms with Gasteiger partial charge in [0, 0.05) is 0 Å². The topological polar surface area (TPSA) is 102 Å². The van der Waals surface area contributed by atoms with Crippen molar-refractivity contribution in [3.63, 3.8) is 0 Å². The van der Waals surface area contributed by atoms with Crippen molar-refractivity contribution in [1.82, 2.24) is 0 Å². The summed E-state index contributed by atoms with van der Waals surface area (Å²) in [5, 5.41) is 10.5. The molecule has 2 amide bonds. The molecule has 7 nitrogen and oxygen atoms in total. The zero-order valence-electron chi connectivity index (χ0n) is 14.8. The van der Waals surface area contributed by atoms with Crippen LogP contribution in [0.4, 0.5) is 5.69 Å². The van der Waals surface area contributed by atoms with Gasteiger partial charge in [0.25, 0.3) is 11.8 Å². The Morgan fingerprint density at radius 2 is 1.88 bits per heavy atom. The van der Waals surface area contributed by atoms with Gasteiger partial charge < -0.3 is 20.3 Å². The molecule has 7 heteroatoms. The van der Waals surface area contributed by atoms with E-state index < -0.39 is 11.5 Å². The first kappa shape index (κ1) is 17.6. The van der Waals surface area contributed by atoms with Gasteiger partial charge in [0.2, 0.25) is 0 Å². The highest BCUT2D eigenvalue weighted by atomic mass is 16.5. The molecule has 3 rings (SSSR count). The number of rotatable bonds is 4. The second kappa shape index (κ2) is 6.25. The quantitative estimate of drug-likeness (QED) is 0.874. The number of primary amides is 1. The Balaban J connectivity index is 2.09. The van der Waals surface area contributed by atoms with Crippen LogP contribution in [0.2, 0.25) is 0 Å². The summed E-state index contributed by atoms with van der Waals surface area (Å²) < 4.78 is 10.9. The Labute approximate surface area is 150 Å². The van der Waals surface area contributed by atoms with E-state index in [0.29, 0.717) is 11.5 Å². The van der Waals surface area contributed by atoms with Crippen LogP contribution < -0.4 is 20.1 Å². The molecule has 3 N–H and O–H groups in total. The molecule has 0 bridgehead atoms. The molecule has 1 aliphatic heterocycles. The van der Waals surface area contributed by atoms with Crippen LogP contribution in [-0.2, 0) is 11.3 Å². The van der Waals surface area contributed by atoms with Crippen LogP contribution in [0.3, 0.4) is 0 Å². The Bertz CT molecular complexity index is 874. The van der Waals surface area contributed by atoms with Crippen LogP contribution in [0.1, 0.15) is 29.8 Å². The Morgan fingerprint density at radius 3 is 2.46 bits per heavy atom. The van der Waals surface area contributed by atoms with Gasteiger partial charge in [-0.15, -0.1) is 0 Å². The first-order valence-corrected chi connectivity index (χ1v) is 8.04. The molecule has 136 valence electrons. The van der Waals surface area contributed by atoms with Crippen LogP contribution >= 0.6 is 0 Å². The maximum atomic E-state index is 12.9. The van der Waals surface area contributed by atoms with E-state index in [1.54, 1.807) is 33.1 Å². The molecule has 2 aromatic carbocycles. The SMILES string of the molecule is COc1ccc(CN2C(=O)C(C)(C)Oc3ccc(C(N)=O)c(O)c32)cc1. The number of anilines is 1. The van der Waals surface area contributed by atoms with Crippen molar-refractivity contribution in [2.24, 2.45) is 5.73 Å². The standard InChI is InChI=1S/C19H20N2O5/c1-19(2)18(24)21(10-11-4-6-12(25-3)7-5-11)15-14(26-19)9-8-13(16(15)22)17(20)23/h4-9,22H,10H2,1-3H3,(H2,20,23). The van der Waals surface area contributed by atoms with Crippen molar-refractivity contribution < 1.29 is 24.2 Å². The van der Waals surface area contributed by atoms with E-state index in [-0.39, 0.29) is 29.5 Å². The minimum Gasteiger partial charge on any atom is -0.505 e. The van der Waals surface area contributed by atoms with Gasteiger partial charge in [-0.1, -0.05) is 12.1 Å². The lowest BCUT2D eigenvalue weighted by molar-refractivity contribution is -0.132. The number of methoxy groups -OCH3 is 1. The van der Waals surface area contributed by atoms with Gasteiger partial charge in [0.1, 0.15) is 17.2 Å².